The molecule has 2 heterocycles. The van der Waals surface area contributed by atoms with Gasteiger partial charge >= 0.3 is 12.0 Å². The van der Waals surface area contributed by atoms with Gasteiger partial charge in [-0.2, -0.15) is 4.98 Å². The summed E-state index contributed by atoms with van der Waals surface area (Å²) in [5.74, 6) is -0.611. The number of carboxylic acid groups (broad SMARTS) is 1. The van der Waals surface area contributed by atoms with Crippen molar-refractivity contribution in [1.29, 1.82) is 0 Å². The zero-order chi connectivity index (χ0) is 19.0. The Balaban J connectivity index is 1.67. The van der Waals surface area contributed by atoms with Crippen LogP contribution < -0.4 is 4.74 Å². The predicted molar refractivity (Wildman–Crippen MR) is 104 cm³/mol. The molecule has 0 saturated heterocycles. The van der Waals surface area contributed by atoms with Gasteiger partial charge in [-0.25, -0.2) is 9.78 Å². The lowest BCUT2D eigenvalue weighted by molar-refractivity contribution is 0.0695. The number of aromatic carboxylic acids is 1. The van der Waals surface area contributed by atoms with Gasteiger partial charge in [0.25, 0.3) is 0 Å². The Kier molecular flexibility index (Phi) is 4.58. The normalized spacial score (nSPS) is 14.2. The summed E-state index contributed by atoms with van der Waals surface area (Å²) in [4.78, 5) is 23.3. The fourth-order valence-electron chi connectivity index (χ4n) is 3.23. The molecule has 0 radical (unpaired) electrons. The van der Waals surface area contributed by atoms with Crippen LogP contribution in [0.2, 0.25) is 5.02 Å². The van der Waals surface area contributed by atoms with E-state index in [2.05, 4.69) is 21.0 Å². The number of aromatic nitrogens is 3. The van der Waals surface area contributed by atoms with Crippen LogP contribution in [0.1, 0.15) is 47.3 Å². The molecule has 7 heteroatoms. The van der Waals surface area contributed by atoms with Gasteiger partial charge in [-0.15, -0.1) is 0 Å². The van der Waals surface area contributed by atoms with Crippen LogP contribution in [0.4, 0.5) is 0 Å². The lowest BCUT2D eigenvalue weighted by atomic mass is 9.97. The molecular weight excluding hydrogens is 366 g/mol. The average molecular weight is 384 g/mol. The van der Waals surface area contributed by atoms with Crippen LogP contribution in [0, 0.1) is 6.92 Å². The zero-order valence-corrected chi connectivity index (χ0v) is 15.5. The first kappa shape index (κ1) is 17.5. The number of nitrogens with one attached hydrogen (secondary N) is 1. The quantitative estimate of drug-likeness (QED) is 0.632. The summed E-state index contributed by atoms with van der Waals surface area (Å²) in [6.45, 7) is 1.74. The Morgan fingerprint density at radius 3 is 2.85 bits per heavy atom. The van der Waals surface area contributed by atoms with E-state index >= 15 is 0 Å². The summed E-state index contributed by atoms with van der Waals surface area (Å²) in [7, 11) is 0. The molecular formula is C20H18ClN3O3. The van der Waals surface area contributed by atoms with E-state index < -0.39 is 5.97 Å². The number of H-pyrrole nitrogens is 1. The van der Waals surface area contributed by atoms with E-state index in [0.29, 0.717) is 27.5 Å². The molecule has 1 aliphatic rings. The molecule has 0 aliphatic heterocycles. The molecule has 27 heavy (non-hydrogen) atoms. The minimum atomic E-state index is -0.999. The van der Waals surface area contributed by atoms with Crippen molar-refractivity contribution in [3.63, 3.8) is 0 Å². The maximum Gasteiger partial charge on any atom is 0.336 e. The van der Waals surface area contributed by atoms with Crippen molar-refractivity contribution < 1.29 is 14.6 Å². The molecule has 0 bridgehead atoms. The minimum absolute atomic E-state index is 0.191. The topological polar surface area (TPSA) is 88.1 Å². The van der Waals surface area contributed by atoms with Crippen molar-refractivity contribution in [2.45, 2.75) is 32.6 Å². The summed E-state index contributed by atoms with van der Waals surface area (Å²) in [5.41, 5.74) is 3.96. The Labute approximate surface area is 160 Å². The van der Waals surface area contributed by atoms with Crippen LogP contribution in [0.25, 0.3) is 16.7 Å². The molecule has 2 aromatic heterocycles. The maximum absolute atomic E-state index is 11.3. The number of rotatable bonds is 4. The van der Waals surface area contributed by atoms with Gasteiger partial charge in [0.05, 0.1) is 21.8 Å². The van der Waals surface area contributed by atoms with Crippen molar-refractivity contribution >= 4 is 34.3 Å². The van der Waals surface area contributed by atoms with Crippen molar-refractivity contribution in [2.75, 3.05) is 0 Å². The number of ether oxygens (including phenoxy) is 1. The van der Waals surface area contributed by atoms with E-state index in [1.165, 1.54) is 12.5 Å². The first-order valence-electron chi connectivity index (χ1n) is 8.79. The highest BCUT2D eigenvalue weighted by atomic mass is 35.5. The minimum Gasteiger partial charge on any atom is -0.478 e. The van der Waals surface area contributed by atoms with E-state index in [4.69, 9.17) is 16.3 Å². The molecule has 0 atom stereocenters. The fraction of sp³-hybridized carbons (Fsp3) is 0.250. The fourth-order valence-corrected chi connectivity index (χ4v) is 3.50. The highest BCUT2D eigenvalue weighted by Crippen LogP contribution is 2.32. The SMILES string of the molecule is Cc1ccc(Oc2nc3nc(C4=CCCCC4)c(Cl)cc3[nH]2)cc1C(=O)O. The van der Waals surface area contributed by atoms with Crippen molar-refractivity contribution in [3.05, 3.63) is 52.2 Å². The number of hydrogen-bond acceptors (Lipinski definition) is 4. The third-order valence-corrected chi connectivity index (χ3v) is 4.94. The first-order chi connectivity index (χ1) is 13.0. The van der Waals surface area contributed by atoms with E-state index in [1.807, 2.05) is 0 Å². The summed E-state index contributed by atoms with van der Waals surface area (Å²) in [6.07, 6.45) is 6.52. The molecule has 1 aliphatic carbocycles. The summed E-state index contributed by atoms with van der Waals surface area (Å²) < 4.78 is 5.71. The molecule has 0 spiro atoms. The highest BCUT2D eigenvalue weighted by Gasteiger charge is 2.16. The van der Waals surface area contributed by atoms with E-state index in [-0.39, 0.29) is 11.6 Å². The van der Waals surface area contributed by atoms with Crippen LogP contribution in [0.5, 0.6) is 11.8 Å². The molecule has 3 aromatic rings. The molecule has 0 amide bonds. The number of imidazole rings is 1. The number of hydrogen-bond donors (Lipinski definition) is 2. The van der Waals surface area contributed by atoms with Gasteiger partial charge in [-0.05, 0) is 61.9 Å². The van der Waals surface area contributed by atoms with Crippen LogP contribution in [0.15, 0.2) is 30.3 Å². The second kappa shape index (κ2) is 7.04. The monoisotopic (exact) mass is 383 g/mol. The maximum atomic E-state index is 11.3. The second-order valence-electron chi connectivity index (χ2n) is 6.59. The number of halogens is 1. The van der Waals surface area contributed by atoms with E-state index in [9.17, 15) is 9.90 Å². The van der Waals surface area contributed by atoms with Crippen LogP contribution in [-0.4, -0.2) is 26.0 Å². The lowest BCUT2D eigenvalue weighted by Gasteiger charge is -2.12. The molecule has 4 rings (SSSR count). The molecule has 2 N–H and O–H groups in total. The highest BCUT2D eigenvalue weighted by molar-refractivity contribution is 6.32. The van der Waals surface area contributed by atoms with Crippen molar-refractivity contribution in [1.82, 2.24) is 15.0 Å². The number of benzene rings is 1. The number of pyridine rings is 1. The largest absolute Gasteiger partial charge is 0.478 e. The number of allylic oxidation sites excluding steroid dienone is 2. The Morgan fingerprint density at radius 2 is 2.11 bits per heavy atom. The zero-order valence-electron chi connectivity index (χ0n) is 14.8. The second-order valence-corrected chi connectivity index (χ2v) is 7.00. The number of aromatic amines is 1. The predicted octanol–water partition coefficient (Wildman–Crippen LogP) is 5.37. The Morgan fingerprint density at radius 1 is 1.26 bits per heavy atom. The van der Waals surface area contributed by atoms with Crippen molar-refractivity contribution in [2.24, 2.45) is 0 Å². The number of fused-ring (bicyclic) bond motifs is 1. The smallest absolute Gasteiger partial charge is 0.336 e. The third kappa shape index (κ3) is 3.53. The van der Waals surface area contributed by atoms with Crippen LogP contribution in [0.3, 0.4) is 0 Å². The number of aryl methyl sites for hydroxylation is 1. The van der Waals surface area contributed by atoms with Gasteiger partial charge < -0.3 is 14.8 Å². The van der Waals surface area contributed by atoms with Gasteiger partial charge in [0.1, 0.15) is 5.75 Å². The first-order valence-corrected chi connectivity index (χ1v) is 9.16. The summed E-state index contributed by atoms with van der Waals surface area (Å²) in [5, 5.41) is 9.82. The van der Waals surface area contributed by atoms with Gasteiger partial charge in [-0.3, -0.25) is 0 Å². The number of carboxylic acids is 1. The molecule has 138 valence electrons. The molecule has 0 fully saturated rings. The van der Waals surface area contributed by atoms with Gasteiger partial charge in [0, 0.05) is 0 Å². The molecule has 0 unspecified atom stereocenters. The van der Waals surface area contributed by atoms with E-state index in [0.717, 1.165) is 30.5 Å². The summed E-state index contributed by atoms with van der Waals surface area (Å²) in [6, 6.07) is 6.91. The van der Waals surface area contributed by atoms with Crippen LogP contribution in [-0.2, 0) is 0 Å². The summed E-state index contributed by atoms with van der Waals surface area (Å²) >= 11 is 6.42. The van der Waals surface area contributed by atoms with Gasteiger partial charge in [-0.1, -0.05) is 23.7 Å². The number of carbonyl (C=O) groups is 1. The van der Waals surface area contributed by atoms with E-state index in [1.54, 1.807) is 25.1 Å². The standard InChI is InChI=1S/C20H18ClN3O3/c1-11-7-8-13(9-14(11)19(25)26)27-20-22-16-10-15(21)17(23-18(16)24-20)12-5-3-2-4-6-12/h5,7-10H,2-4,6H2,1H3,(H,25,26)(H,22,23,24). The molecule has 0 saturated carbocycles. The average Bonchev–Trinajstić information content (AvgIpc) is 3.04. The number of nitrogens with zero attached hydrogens (tertiary/aromatic N) is 2. The van der Waals surface area contributed by atoms with Crippen molar-refractivity contribution in [3.8, 4) is 11.8 Å². The third-order valence-electron chi connectivity index (χ3n) is 4.65. The lowest BCUT2D eigenvalue weighted by Crippen LogP contribution is -2.00. The molecule has 1 aromatic carbocycles. The Hall–Kier alpha value is -2.86. The van der Waals surface area contributed by atoms with Gasteiger partial charge in [0.15, 0.2) is 5.65 Å². The van der Waals surface area contributed by atoms with Gasteiger partial charge in [0.2, 0.25) is 0 Å². The van der Waals surface area contributed by atoms with Crippen LogP contribution >= 0.6 is 11.6 Å². The molecule has 6 nitrogen and oxygen atoms in total. The Bertz CT molecular complexity index is 1070.